The molecule has 0 radical (unpaired) electrons. The van der Waals surface area contributed by atoms with Crippen LogP contribution in [-0.2, 0) is 4.74 Å². The third kappa shape index (κ3) is 3.90. The van der Waals surface area contributed by atoms with Crippen LogP contribution in [-0.4, -0.2) is 38.3 Å². The molecular weight excluding hydrogens is 206 g/mol. The molecule has 0 bridgehead atoms. The molecule has 1 aromatic carbocycles. The highest BCUT2D eigenvalue weighted by molar-refractivity contribution is 5.70. The van der Waals surface area contributed by atoms with Gasteiger partial charge in [0, 0.05) is 20.7 Å². The van der Waals surface area contributed by atoms with Crippen LogP contribution in [0.3, 0.4) is 0 Å². The zero-order chi connectivity index (χ0) is 12.0. The Morgan fingerprint density at radius 2 is 2.19 bits per heavy atom. The first-order chi connectivity index (χ1) is 7.63. The quantitative estimate of drug-likeness (QED) is 0.784. The molecule has 16 heavy (non-hydrogen) atoms. The zero-order valence-electron chi connectivity index (χ0n) is 9.90. The van der Waals surface area contributed by atoms with E-state index in [9.17, 15) is 4.79 Å². The lowest BCUT2D eigenvalue weighted by Crippen LogP contribution is -2.32. The minimum Gasteiger partial charge on any atom is -0.410 e. The molecule has 0 aliphatic rings. The van der Waals surface area contributed by atoms with Gasteiger partial charge in [-0.1, -0.05) is 12.1 Å². The molecule has 88 valence electrons. The molecule has 1 rings (SSSR count). The molecule has 0 heterocycles. The Labute approximate surface area is 95.8 Å². The molecule has 0 unspecified atom stereocenters. The van der Waals surface area contributed by atoms with Gasteiger partial charge in [-0.15, -0.1) is 0 Å². The maximum atomic E-state index is 11.6. The lowest BCUT2D eigenvalue weighted by atomic mass is 10.2. The molecule has 1 amide bonds. The summed E-state index contributed by atoms with van der Waals surface area (Å²) in [4.78, 5) is 13.1. The van der Waals surface area contributed by atoms with Crippen molar-refractivity contribution < 1.29 is 14.3 Å². The third-order valence-electron chi connectivity index (χ3n) is 2.14. The number of carbonyl (C=O) groups excluding carboxylic acids is 1. The van der Waals surface area contributed by atoms with Gasteiger partial charge >= 0.3 is 6.09 Å². The molecule has 0 N–H and O–H groups in total. The lowest BCUT2D eigenvalue weighted by Gasteiger charge is -2.16. The van der Waals surface area contributed by atoms with Crippen LogP contribution in [0, 0.1) is 6.92 Å². The van der Waals surface area contributed by atoms with Crippen molar-refractivity contribution in [1.29, 1.82) is 0 Å². The SMILES string of the molecule is COCCN(C)C(=O)Oc1cccc(C)c1. The average molecular weight is 223 g/mol. The number of likely N-dealkylation sites (N-methyl/N-ethyl adjacent to an activating group) is 1. The van der Waals surface area contributed by atoms with E-state index in [1.807, 2.05) is 25.1 Å². The predicted molar refractivity (Wildman–Crippen MR) is 61.7 cm³/mol. The second kappa shape index (κ2) is 6.12. The number of aryl methyl sites for hydroxylation is 1. The molecule has 0 saturated heterocycles. The summed E-state index contributed by atoms with van der Waals surface area (Å²) in [6.07, 6.45) is -0.373. The van der Waals surface area contributed by atoms with Crippen LogP contribution in [0.5, 0.6) is 5.75 Å². The topological polar surface area (TPSA) is 38.8 Å². The van der Waals surface area contributed by atoms with Gasteiger partial charge in [0.05, 0.1) is 6.61 Å². The van der Waals surface area contributed by atoms with E-state index < -0.39 is 0 Å². The van der Waals surface area contributed by atoms with Crippen molar-refractivity contribution in [3.05, 3.63) is 29.8 Å². The van der Waals surface area contributed by atoms with Crippen molar-refractivity contribution in [2.45, 2.75) is 6.92 Å². The summed E-state index contributed by atoms with van der Waals surface area (Å²) in [5.41, 5.74) is 1.06. The van der Waals surface area contributed by atoms with E-state index in [1.54, 1.807) is 20.2 Å². The van der Waals surface area contributed by atoms with Crippen molar-refractivity contribution in [2.24, 2.45) is 0 Å². The Morgan fingerprint density at radius 1 is 1.44 bits per heavy atom. The summed E-state index contributed by atoms with van der Waals surface area (Å²) in [5.74, 6) is 0.564. The van der Waals surface area contributed by atoms with Gasteiger partial charge in [0.25, 0.3) is 0 Å². The van der Waals surface area contributed by atoms with Gasteiger partial charge in [-0.05, 0) is 24.6 Å². The number of methoxy groups -OCH3 is 1. The van der Waals surface area contributed by atoms with Crippen molar-refractivity contribution in [2.75, 3.05) is 27.3 Å². The van der Waals surface area contributed by atoms with Crippen LogP contribution in [0.1, 0.15) is 5.56 Å². The average Bonchev–Trinajstić information content (AvgIpc) is 2.25. The van der Waals surface area contributed by atoms with E-state index >= 15 is 0 Å². The molecule has 0 saturated carbocycles. The van der Waals surface area contributed by atoms with Gasteiger partial charge in [-0.25, -0.2) is 4.79 Å². The Bertz CT molecular complexity index is 352. The molecule has 0 fully saturated rings. The first-order valence-corrected chi connectivity index (χ1v) is 5.12. The fourth-order valence-corrected chi connectivity index (χ4v) is 1.18. The largest absolute Gasteiger partial charge is 0.415 e. The Hall–Kier alpha value is -1.55. The van der Waals surface area contributed by atoms with Crippen molar-refractivity contribution in [3.8, 4) is 5.75 Å². The normalized spacial score (nSPS) is 9.94. The number of rotatable bonds is 4. The lowest BCUT2D eigenvalue weighted by molar-refractivity contribution is 0.135. The molecule has 1 aromatic rings. The molecule has 0 aliphatic heterocycles. The summed E-state index contributed by atoms with van der Waals surface area (Å²) in [7, 11) is 3.27. The molecule has 0 aromatic heterocycles. The summed E-state index contributed by atoms with van der Waals surface area (Å²) < 4.78 is 10.1. The van der Waals surface area contributed by atoms with Crippen LogP contribution in [0.15, 0.2) is 24.3 Å². The van der Waals surface area contributed by atoms with Crippen molar-refractivity contribution in [3.63, 3.8) is 0 Å². The smallest absolute Gasteiger partial charge is 0.410 e. The molecule has 0 atom stereocenters. The number of benzene rings is 1. The summed E-state index contributed by atoms with van der Waals surface area (Å²) in [6.45, 7) is 2.96. The maximum Gasteiger partial charge on any atom is 0.415 e. The van der Waals surface area contributed by atoms with Crippen LogP contribution < -0.4 is 4.74 Å². The second-order valence-corrected chi connectivity index (χ2v) is 3.60. The standard InChI is InChI=1S/C12H17NO3/c1-10-5-4-6-11(9-10)16-12(14)13(2)7-8-15-3/h4-6,9H,7-8H2,1-3H3. The Morgan fingerprint density at radius 3 is 2.81 bits per heavy atom. The number of amides is 1. The molecule has 0 spiro atoms. The highest BCUT2D eigenvalue weighted by Gasteiger charge is 2.10. The second-order valence-electron chi connectivity index (χ2n) is 3.60. The first kappa shape index (κ1) is 12.5. The predicted octanol–water partition coefficient (Wildman–Crippen LogP) is 2.07. The molecule has 4 heteroatoms. The van der Waals surface area contributed by atoms with E-state index in [4.69, 9.17) is 9.47 Å². The molecule has 4 nitrogen and oxygen atoms in total. The molecule has 0 aliphatic carbocycles. The van der Waals surface area contributed by atoms with Crippen LogP contribution in [0.2, 0.25) is 0 Å². The highest BCUT2D eigenvalue weighted by atomic mass is 16.6. The zero-order valence-corrected chi connectivity index (χ0v) is 9.90. The van der Waals surface area contributed by atoms with Gasteiger partial charge in [-0.2, -0.15) is 0 Å². The Balaban J connectivity index is 2.50. The highest BCUT2D eigenvalue weighted by Crippen LogP contribution is 2.13. The van der Waals surface area contributed by atoms with E-state index in [0.717, 1.165) is 5.56 Å². The van der Waals surface area contributed by atoms with E-state index in [0.29, 0.717) is 18.9 Å². The van der Waals surface area contributed by atoms with E-state index in [-0.39, 0.29) is 6.09 Å². The van der Waals surface area contributed by atoms with Crippen LogP contribution >= 0.6 is 0 Å². The number of hydrogen-bond acceptors (Lipinski definition) is 3. The molecular formula is C12H17NO3. The number of nitrogens with zero attached hydrogens (tertiary/aromatic N) is 1. The maximum absolute atomic E-state index is 11.6. The van der Waals surface area contributed by atoms with Crippen LogP contribution in [0.25, 0.3) is 0 Å². The van der Waals surface area contributed by atoms with Gasteiger partial charge in [-0.3, -0.25) is 0 Å². The number of hydrogen-bond donors (Lipinski definition) is 0. The summed E-state index contributed by atoms with van der Waals surface area (Å²) >= 11 is 0. The summed E-state index contributed by atoms with van der Waals surface area (Å²) in [5, 5.41) is 0. The monoisotopic (exact) mass is 223 g/mol. The third-order valence-corrected chi connectivity index (χ3v) is 2.14. The number of ether oxygens (including phenoxy) is 2. The number of carbonyl (C=O) groups is 1. The van der Waals surface area contributed by atoms with Crippen molar-refractivity contribution in [1.82, 2.24) is 4.90 Å². The first-order valence-electron chi connectivity index (χ1n) is 5.12. The van der Waals surface area contributed by atoms with Gasteiger partial charge < -0.3 is 14.4 Å². The van der Waals surface area contributed by atoms with Crippen molar-refractivity contribution >= 4 is 6.09 Å². The van der Waals surface area contributed by atoms with E-state index in [1.165, 1.54) is 4.90 Å². The van der Waals surface area contributed by atoms with Gasteiger partial charge in [0.15, 0.2) is 0 Å². The van der Waals surface area contributed by atoms with Gasteiger partial charge in [0.1, 0.15) is 5.75 Å². The minimum absolute atomic E-state index is 0.373. The van der Waals surface area contributed by atoms with E-state index in [2.05, 4.69) is 0 Å². The minimum atomic E-state index is -0.373. The fourth-order valence-electron chi connectivity index (χ4n) is 1.18. The fraction of sp³-hybridized carbons (Fsp3) is 0.417. The van der Waals surface area contributed by atoms with Gasteiger partial charge in [0.2, 0.25) is 0 Å². The Kier molecular flexibility index (Phi) is 4.79. The summed E-state index contributed by atoms with van der Waals surface area (Å²) in [6, 6.07) is 7.39. The van der Waals surface area contributed by atoms with Crippen LogP contribution in [0.4, 0.5) is 4.79 Å².